The lowest BCUT2D eigenvalue weighted by atomic mass is 10.2. The van der Waals surface area contributed by atoms with Gasteiger partial charge in [-0.3, -0.25) is 4.98 Å². The second kappa shape index (κ2) is 6.60. The highest BCUT2D eigenvalue weighted by Gasteiger charge is 2.17. The third-order valence-corrected chi connectivity index (χ3v) is 3.33. The number of hydrogen-bond acceptors (Lipinski definition) is 6. The molecule has 6 heteroatoms. The molecule has 1 fully saturated rings. The maximum Gasteiger partial charge on any atom is 0.130 e. The Morgan fingerprint density at radius 2 is 2.38 bits per heavy atom. The molecule has 1 aliphatic rings. The molecule has 2 aromatic rings. The lowest BCUT2D eigenvalue weighted by Crippen LogP contribution is -2.35. The van der Waals surface area contributed by atoms with Crippen LogP contribution in [-0.2, 0) is 11.3 Å². The molecule has 1 aliphatic heterocycles. The summed E-state index contributed by atoms with van der Waals surface area (Å²) in [6.45, 7) is 4.86. The minimum atomic E-state index is 0.138. The molecule has 110 valence electrons. The molecule has 3 rings (SSSR count). The van der Waals surface area contributed by atoms with E-state index in [0.29, 0.717) is 13.2 Å². The maximum atomic E-state index is 5.49. The zero-order valence-corrected chi connectivity index (χ0v) is 12.0. The van der Waals surface area contributed by atoms with Crippen LogP contribution < -0.4 is 10.6 Å². The first-order chi connectivity index (χ1) is 10.3. The number of anilines is 1. The molecule has 0 bridgehead atoms. The van der Waals surface area contributed by atoms with Gasteiger partial charge in [-0.05, 0) is 18.6 Å². The van der Waals surface area contributed by atoms with E-state index < -0.39 is 0 Å². The summed E-state index contributed by atoms with van der Waals surface area (Å²) in [5.74, 6) is 1.59. The van der Waals surface area contributed by atoms with Gasteiger partial charge in [0, 0.05) is 31.5 Å². The van der Waals surface area contributed by atoms with Gasteiger partial charge in [0.25, 0.3) is 0 Å². The minimum absolute atomic E-state index is 0.138. The van der Waals surface area contributed by atoms with Gasteiger partial charge in [-0.1, -0.05) is 6.07 Å². The van der Waals surface area contributed by atoms with Crippen molar-refractivity contribution < 1.29 is 4.74 Å². The topological polar surface area (TPSA) is 72.0 Å². The molecule has 1 atom stereocenters. The zero-order chi connectivity index (χ0) is 14.5. The fourth-order valence-corrected chi connectivity index (χ4v) is 2.31. The van der Waals surface area contributed by atoms with Gasteiger partial charge < -0.3 is 15.4 Å². The SMILES string of the molecule is Cc1nc(NCc2cccnc2)cc([C@H]2COCCN2)n1. The van der Waals surface area contributed by atoms with Crippen molar-refractivity contribution in [1.29, 1.82) is 0 Å². The van der Waals surface area contributed by atoms with Crippen molar-refractivity contribution in [2.75, 3.05) is 25.1 Å². The molecule has 3 heterocycles. The molecule has 0 spiro atoms. The summed E-state index contributed by atoms with van der Waals surface area (Å²) in [5.41, 5.74) is 2.09. The van der Waals surface area contributed by atoms with E-state index >= 15 is 0 Å². The molecule has 2 aromatic heterocycles. The van der Waals surface area contributed by atoms with Crippen molar-refractivity contribution in [3.05, 3.63) is 47.7 Å². The van der Waals surface area contributed by atoms with Gasteiger partial charge in [-0.25, -0.2) is 9.97 Å². The first-order valence-corrected chi connectivity index (χ1v) is 7.11. The summed E-state index contributed by atoms with van der Waals surface area (Å²) < 4.78 is 5.49. The molecule has 0 saturated carbocycles. The molecule has 1 saturated heterocycles. The first kappa shape index (κ1) is 13.9. The van der Waals surface area contributed by atoms with Crippen molar-refractivity contribution in [3.8, 4) is 0 Å². The van der Waals surface area contributed by atoms with Crippen LogP contribution in [0.5, 0.6) is 0 Å². The summed E-state index contributed by atoms with van der Waals surface area (Å²) in [7, 11) is 0. The van der Waals surface area contributed by atoms with Gasteiger partial charge in [0.15, 0.2) is 0 Å². The number of aromatic nitrogens is 3. The van der Waals surface area contributed by atoms with Crippen LogP contribution in [0.1, 0.15) is 23.1 Å². The van der Waals surface area contributed by atoms with Crippen molar-refractivity contribution in [2.45, 2.75) is 19.5 Å². The monoisotopic (exact) mass is 285 g/mol. The molecule has 0 aromatic carbocycles. The van der Waals surface area contributed by atoms with Crippen LogP contribution in [0.4, 0.5) is 5.82 Å². The van der Waals surface area contributed by atoms with E-state index in [0.717, 1.165) is 36.1 Å². The number of nitrogens with one attached hydrogen (secondary N) is 2. The summed E-state index contributed by atoms with van der Waals surface area (Å²) in [4.78, 5) is 13.0. The van der Waals surface area contributed by atoms with Crippen LogP contribution in [0.25, 0.3) is 0 Å². The van der Waals surface area contributed by atoms with Gasteiger partial charge in [-0.2, -0.15) is 0 Å². The van der Waals surface area contributed by atoms with Crippen LogP contribution in [0.2, 0.25) is 0 Å². The predicted molar refractivity (Wildman–Crippen MR) is 79.9 cm³/mol. The number of hydrogen-bond donors (Lipinski definition) is 2. The highest BCUT2D eigenvalue weighted by Crippen LogP contribution is 2.17. The Morgan fingerprint density at radius 1 is 1.43 bits per heavy atom. The zero-order valence-electron chi connectivity index (χ0n) is 12.0. The van der Waals surface area contributed by atoms with Gasteiger partial charge in [0.2, 0.25) is 0 Å². The normalized spacial score (nSPS) is 18.4. The number of rotatable bonds is 4. The van der Waals surface area contributed by atoms with E-state index in [2.05, 4.69) is 25.6 Å². The van der Waals surface area contributed by atoms with Crippen molar-refractivity contribution in [1.82, 2.24) is 20.3 Å². The summed E-state index contributed by atoms with van der Waals surface area (Å²) in [6, 6.07) is 6.08. The lowest BCUT2D eigenvalue weighted by molar-refractivity contribution is 0.0755. The molecule has 0 unspecified atom stereocenters. The third-order valence-electron chi connectivity index (χ3n) is 3.33. The average Bonchev–Trinajstić information content (AvgIpc) is 2.54. The number of nitrogens with zero attached hydrogens (tertiary/aromatic N) is 3. The fourth-order valence-electron chi connectivity index (χ4n) is 2.31. The van der Waals surface area contributed by atoms with E-state index in [4.69, 9.17) is 4.74 Å². The van der Waals surface area contributed by atoms with Crippen molar-refractivity contribution >= 4 is 5.82 Å². The van der Waals surface area contributed by atoms with Crippen molar-refractivity contribution in [3.63, 3.8) is 0 Å². The van der Waals surface area contributed by atoms with E-state index in [-0.39, 0.29) is 6.04 Å². The Kier molecular flexibility index (Phi) is 4.37. The van der Waals surface area contributed by atoms with E-state index in [1.165, 1.54) is 0 Å². The third kappa shape index (κ3) is 3.74. The Bertz CT molecular complexity index is 584. The van der Waals surface area contributed by atoms with E-state index in [1.54, 1.807) is 6.20 Å². The largest absolute Gasteiger partial charge is 0.378 e. The molecular formula is C15H19N5O. The smallest absolute Gasteiger partial charge is 0.130 e. The molecule has 0 aliphatic carbocycles. The minimum Gasteiger partial charge on any atom is -0.378 e. The number of pyridine rings is 1. The van der Waals surface area contributed by atoms with E-state index in [1.807, 2.05) is 31.3 Å². The standard InChI is InChI=1S/C15H19N5O/c1-11-19-13(14-10-21-6-5-17-14)7-15(20-11)18-9-12-3-2-4-16-8-12/h2-4,7-8,14,17H,5-6,9-10H2,1H3,(H,18,19,20)/t14-/m1/s1. The number of ether oxygens (including phenoxy) is 1. The first-order valence-electron chi connectivity index (χ1n) is 7.11. The Labute approximate surface area is 124 Å². The van der Waals surface area contributed by atoms with Crippen LogP contribution >= 0.6 is 0 Å². The number of morpholine rings is 1. The average molecular weight is 285 g/mol. The second-order valence-corrected chi connectivity index (χ2v) is 5.02. The summed E-state index contributed by atoms with van der Waals surface area (Å²) in [5, 5.41) is 6.73. The van der Waals surface area contributed by atoms with Crippen LogP contribution in [0.3, 0.4) is 0 Å². The molecule has 2 N–H and O–H groups in total. The molecule has 0 radical (unpaired) electrons. The predicted octanol–water partition coefficient (Wildman–Crippen LogP) is 1.45. The van der Waals surface area contributed by atoms with E-state index in [9.17, 15) is 0 Å². The lowest BCUT2D eigenvalue weighted by Gasteiger charge is -2.23. The second-order valence-electron chi connectivity index (χ2n) is 5.02. The number of aryl methyl sites for hydroxylation is 1. The molecular weight excluding hydrogens is 266 g/mol. The summed E-state index contributed by atoms with van der Waals surface area (Å²) >= 11 is 0. The molecule has 21 heavy (non-hydrogen) atoms. The highest BCUT2D eigenvalue weighted by molar-refractivity contribution is 5.38. The highest BCUT2D eigenvalue weighted by atomic mass is 16.5. The maximum absolute atomic E-state index is 5.49. The van der Waals surface area contributed by atoms with Crippen LogP contribution in [0, 0.1) is 6.92 Å². The van der Waals surface area contributed by atoms with Gasteiger partial charge in [-0.15, -0.1) is 0 Å². The molecule has 0 amide bonds. The Balaban J connectivity index is 1.71. The van der Waals surface area contributed by atoms with Gasteiger partial charge >= 0.3 is 0 Å². The van der Waals surface area contributed by atoms with Crippen molar-refractivity contribution in [2.24, 2.45) is 0 Å². The van der Waals surface area contributed by atoms with Gasteiger partial charge in [0.05, 0.1) is 24.9 Å². The van der Waals surface area contributed by atoms with Crippen LogP contribution in [0.15, 0.2) is 30.6 Å². The van der Waals surface area contributed by atoms with Gasteiger partial charge in [0.1, 0.15) is 11.6 Å². The molecule has 6 nitrogen and oxygen atoms in total. The quantitative estimate of drug-likeness (QED) is 0.886. The Morgan fingerprint density at radius 3 is 3.14 bits per heavy atom. The fraction of sp³-hybridized carbons (Fsp3) is 0.400. The van der Waals surface area contributed by atoms with Crippen LogP contribution in [-0.4, -0.2) is 34.7 Å². The Hall–Kier alpha value is -2.05. The summed E-state index contributed by atoms with van der Waals surface area (Å²) in [6.07, 6.45) is 3.61.